The Morgan fingerprint density at radius 2 is 1.48 bits per heavy atom. The molecule has 2 aromatic carbocycles. The van der Waals surface area contributed by atoms with Crippen LogP contribution in [0.3, 0.4) is 0 Å². The van der Waals surface area contributed by atoms with Gasteiger partial charge < -0.3 is 15.4 Å². The van der Waals surface area contributed by atoms with Crippen molar-refractivity contribution in [3.63, 3.8) is 0 Å². The number of benzene rings is 2. The highest BCUT2D eigenvalue weighted by Gasteiger charge is 2.10. The topological polar surface area (TPSA) is 79.5 Å². The summed E-state index contributed by atoms with van der Waals surface area (Å²) in [5.41, 5.74) is 1.89. The summed E-state index contributed by atoms with van der Waals surface area (Å²) in [7, 11) is 0. The number of carbonyl (C=O) groups excluding carboxylic acids is 2. The minimum absolute atomic E-state index is 0.0472. The van der Waals surface area contributed by atoms with E-state index in [1.807, 2.05) is 20.8 Å². The second-order valence-corrected chi connectivity index (χ2v) is 7.40. The van der Waals surface area contributed by atoms with Gasteiger partial charge in [0.05, 0.1) is 6.10 Å². The van der Waals surface area contributed by atoms with Crippen LogP contribution >= 0.6 is 12.2 Å². The lowest BCUT2D eigenvalue weighted by Gasteiger charge is -2.13. The Labute approximate surface area is 177 Å². The maximum Gasteiger partial charge on any atom is 0.257 e. The molecule has 0 aliphatic rings. The number of hydrogen-bond donors (Lipinski definition) is 3. The lowest BCUT2D eigenvalue weighted by Crippen LogP contribution is -2.34. The van der Waals surface area contributed by atoms with Gasteiger partial charge in [0.15, 0.2) is 5.11 Å². The summed E-state index contributed by atoms with van der Waals surface area (Å²) in [5, 5.41) is 8.61. The number of carbonyl (C=O) groups is 2. The number of nitrogens with one attached hydrogen (secondary N) is 3. The normalized spacial score (nSPS) is 11.5. The van der Waals surface area contributed by atoms with Gasteiger partial charge in [-0.1, -0.05) is 20.8 Å². The summed E-state index contributed by atoms with van der Waals surface area (Å²) in [5.74, 6) is 0.278. The van der Waals surface area contributed by atoms with Crippen LogP contribution in [0.15, 0.2) is 48.5 Å². The fourth-order valence-corrected chi connectivity index (χ4v) is 2.47. The summed E-state index contributed by atoms with van der Waals surface area (Å²) in [6.07, 6.45) is 1.03. The van der Waals surface area contributed by atoms with Crippen LogP contribution in [0.1, 0.15) is 44.5 Å². The zero-order valence-corrected chi connectivity index (χ0v) is 17.9. The molecule has 3 N–H and O–H groups in total. The van der Waals surface area contributed by atoms with Gasteiger partial charge in [-0.15, -0.1) is 0 Å². The van der Waals surface area contributed by atoms with E-state index in [4.69, 9.17) is 17.0 Å². The van der Waals surface area contributed by atoms with Gasteiger partial charge in [0.2, 0.25) is 5.91 Å². The molecule has 0 aromatic heterocycles. The van der Waals surface area contributed by atoms with Crippen molar-refractivity contribution in [2.45, 2.75) is 40.2 Å². The van der Waals surface area contributed by atoms with Crippen LogP contribution in [0.5, 0.6) is 5.75 Å². The summed E-state index contributed by atoms with van der Waals surface area (Å²) in [4.78, 5) is 24.1. The van der Waals surface area contributed by atoms with Crippen molar-refractivity contribution in [3.8, 4) is 5.75 Å². The molecule has 0 aliphatic carbocycles. The molecular formula is C22H27N3O3S. The lowest BCUT2D eigenvalue weighted by atomic mass is 10.2. The van der Waals surface area contributed by atoms with Crippen LogP contribution in [-0.4, -0.2) is 23.0 Å². The molecule has 0 bridgehead atoms. The lowest BCUT2D eigenvalue weighted by molar-refractivity contribution is -0.118. The molecule has 154 valence electrons. The predicted octanol–water partition coefficient (Wildman–Crippen LogP) is 4.59. The molecule has 0 fully saturated rings. The van der Waals surface area contributed by atoms with Gasteiger partial charge >= 0.3 is 0 Å². The fourth-order valence-electron chi connectivity index (χ4n) is 2.26. The molecule has 0 aliphatic heterocycles. The zero-order valence-electron chi connectivity index (χ0n) is 17.1. The Hall–Kier alpha value is -2.93. The third-order valence-electron chi connectivity index (χ3n) is 4.19. The maximum absolute atomic E-state index is 12.3. The first-order valence-corrected chi connectivity index (χ1v) is 9.99. The Morgan fingerprint density at radius 3 is 2.00 bits per heavy atom. The minimum Gasteiger partial charge on any atom is -0.491 e. The number of hydrogen-bond acceptors (Lipinski definition) is 4. The van der Waals surface area contributed by atoms with E-state index in [-0.39, 0.29) is 28.9 Å². The van der Waals surface area contributed by atoms with Gasteiger partial charge in [0.1, 0.15) is 5.75 Å². The highest BCUT2D eigenvalue weighted by Crippen LogP contribution is 2.16. The average Bonchev–Trinajstić information content (AvgIpc) is 2.69. The predicted molar refractivity (Wildman–Crippen MR) is 120 cm³/mol. The zero-order chi connectivity index (χ0) is 21.4. The number of ether oxygens (including phenoxy) is 1. The highest BCUT2D eigenvalue weighted by molar-refractivity contribution is 7.80. The van der Waals surface area contributed by atoms with Crippen molar-refractivity contribution in [3.05, 3.63) is 54.1 Å². The monoisotopic (exact) mass is 413 g/mol. The third-order valence-corrected chi connectivity index (χ3v) is 4.39. The first-order chi connectivity index (χ1) is 13.8. The average molecular weight is 414 g/mol. The molecule has 6 nitrogen and oxygen atoms in total. The van der Waals surface area contributed by atoms with Gasteiger partial charge in [0, 0.05) is 22.9 Å². The first kappa shape index (κ1) is 22.4. The van der Waals surface area contributed by atoms with Crippen molar-refractivity contribution in [2.24, 2.45) is 5.92 Å². The van der Waals surface area contributed by atoms with Crippen LogP contribution in [0.25, 0.3) is 0 Å². The molecule has 0 saturated heterocycles. The smallest absolute Gasteiger partial charge is 0.257 e. The first-order valence-electron chi connectivity index (χ1n) is 9.58. The van der Waals surface area contributed by atoms with Gasteiger partial charge in [-0.3, -0.25) is 14.9 Å². The van der Waals surface area contributed by atoms with E-state index < -0.39 is 0 Å². The van der Waals surface area contributed by atoms with Gasteiger partial charge in [-0.2, -0.15) is 0 Å². The van der Waals surface area contributed by atoms with E-state index in [2.05, 4.69) is 22.9 Å². The minimum atomic E-state index is -0.307. The van der Waals surface area contributed by atoms with E-state index in [1.54, 1.807) is 48.5 Å². The Kier molecular flexibility index (Phi) is 8.15. The number of thiocarbonyl (C=S) groups is 1. The SMILES string of the molecule is CCC(C)Oc1ccc(C(=O)NC(=S)Nc2ccc(NC(=O)C(C)C)cc2)cc1. The summed E-state index contributed by atoms with van der Waals surface area (Å²) < 4.78 is 5.71. The van der Waals surface area contributed by atoms with Crippen LogP contribution < -0.4 is 20.7 Å². The van der Waals surface area contributed by atoms with Crippen molar-refractivity contribution in [1.29, 1.82) is 0 Å². The standard InChI is InChI=1S/C22H27N3O3S/c1-5-15(4)28-19-12-6-16(7-13-19)21(27)25-22(29)24-18-10-8-17(9-11-18)23-20(26)14(2)3/h6-15H,5H2,1-4H3,(H,23,26)(H2,24,25,27,29). The molecule has 0 heterocycles. The quantitative estimate of drug-likeness (QED) is 0.579. The molecule has 0 radical (unpaired) electrons. The second kappa shape index (κ2) is 10.6. The van der Waals surface area contributed by atoms with Crippen LogP contribution in [0.4, 0.5) is 11.4 Å². The van der Waals surface area contributed by atoms with E-state index in [1.165, 1.54) is 0 Å². The number of rotatable bonds is 7. The molecule has 1 atom stereocenters. The summed E-state index contributed by atoms with van der Waals surface area (Å²) in [6, 6.07) is 14.0. The van der Waals surface area contributed by atoms with Gasteiger partial charge in [0.25, 0.3) is 5.91 Å². The highest BCUT2D eigenvalue weighted by atomic mass is 32.1. The molecular weight excluding hydrogens is 386 g/mol. The molecule has 29 heavy (non-hydrogen) atoms. The fraction of sp³-hybridized carbons (Fsp3) is 0.318. The van der Waals surface area contributed by atoms with E-state index in [9.17, 15) is 9.59 Å². The molecule has 1 unspecified atom stereocenters. The van der Waals surface area contributed by atoms with Gasteiger partial charge in [-0.25, -0.2) is 0 Å². The Morgan fingerprint density at radius 1 is 0.931 bits per heavy atom. The number of amides is 2. The molecule has 2 aromatic rings. The Balaban J connectivity index is 1.88. The van der Waals surface area contributed by atoms with Crippen molar-refractivity contribution in [1.82, 2.24) is 5.32 Å². The number of anilines is 2. The van der Waals surface area contributed by atoms with Crippen molar-refractivity contribution >= 4 is 40.5 Å². The van der Waals surface area contributed by atoms with E-state index >= 15 is 0 Å². The maximum atomic E-state index is 12.3. The molecule has 0 spiro atoms. The van der Waals surface area contributed by atoms with Crippen molar-refractivity contribution < 1.29 is 14.3 Å². The summed E-state index contributed by atoms with van der Waals surface area (Å²) >= 11 is 5.21. The van der Waals surface area contributed by atoms with Crippen molar-refractivity contribution in [2.75, 3.05) is 10.6 Å². The second-order valence-electron chi connectivity index (χ2n) is 6.99. The molecule has 2 rings (SSSR count). The van der Waals surface area contributed by atoms with Gasteiger partial charge in [-0.05, 0) is 74.1 Å². The van der Waals surface area contributed by atoms with Crippen LogP contribution in [0, 0.1) is 5.92 Å². The van der Waals surface area contributed by atoms with E-state index in [0.29, 0.717) is 16.9 Å². The van der Waals surface area contributed by atoms with E-state index in [0.717, 1.165) is 12.2 Å². The Bertz CT molecular complexity index is 849. The molecule has 7 heteroatoms. The van der Waals surface area contributed by atoms with Crippen LogP contribution in [-0.2, 0) is 4.79 Å². The molecule has 0 saturated carbocycles. The summed E-state index contributed by atoms with van der Waals surface area (Å²) in [6.45, 7) is 7.71. The van der Waals surface area contributed by atoms with Crippen LogP contribution in [0.2, 0.25) is 0 Å². The largest absolute Gasteiger partial charge is 0.491 e. The molecule has 2 amide bonds. The third kappa shape index (κ3) is 7.19.